The average molecular weight is 184 g/mol. The summed E-state index contributed by atoms with van der Waals surface area (Å²) in [5.41, 5.74) is -0.123. The standard InChI is InChI=1S/C11H20O2/c1-3-7-11(10(12)13-2)8-5-4-6-9-11/h3-9H2,1-2H3. The van der Waals surface area contributed by atoms with E-state index < -0.39 is 0 Å². The molecule has 0 aromatic heterocycles. The molecule has 2 heteroatoms. The van der Waals surface area contributed by atoms with Crippen molar-refractivity contribution in [1.82, 2.24) is 0 Å². The molecule has 0 atom stereocenters. The second kappa shape index (κ2) is 4.64. The third-order valence-electron chi connectivity index (χ3n) is 3.16. The minimum atomic E-state index is -0.123. The number of methoxy groups -OCH3 is 1. The fourth-order valence-electron chi connectivity index (χ4n) is 2.48. The third kappa shape index (κ3) is 2.23. The van der Waals surface area contributed by atoms with Gasteiger partial charge in [-0.05, 0) is 19.3 Å². The Labute approximate surface area is 80.7 Å². The van der Waals surface area contributed by atoms with Gasteiger partial charge in [-0.25, -0.2) is 0 Å². The van der Waals surface area contributed by atoms with Gasteiger partial charge in [0.25, 0.3) is 0 Å². The molecule has 0 aromatic rings. The molecule has 0 saturated heterocycles. The number of carbonyl (C=O) groups excluding carboxylic acids is 1. The Morgan fingerprint density at radius 1 is 1.31 bits per heavy atom. The van der Waals surface area contributed by atoms with Crippen molar-refractivity contribution in [2.24, 2.45) is 5.41 Å². The van der Waals surface area contributed by atoms with Crippen LogP contribution in [0.5, 0.6) is 0 Å². The Hall–Kier alpha value is -0.530. The first-order chi connectivity index (χ1) is 6.25. The third-order valence-corrected chi connectivity index (χ3v) is 3.16. The summed E-state index contributed by atoms with van der Waals surface area (Å²) in [6.45, 7) is 2.14. The highest BCUT2D eigenvalue weighted by molar-refractivity contribution is 5.76. The summed E-state index contributed by atoms with van der Waals surface area (Å²) in [4.78, 5) is 11.7. The molecular weight excluding hydrogens is 164 g/mol. The van der Waals surface area contributed by atoms with E-state index in [1.165, 1.54) is 26.4 Å². The first-order valence-corrected chi connectivity index (χ1v) is 5.33. The molecule has 1 rings (SSSR count). The molecule has 0 spiro atoms. The van der Waals surface area contributed by atoms with Gasteiger partial charge in [0.05, 0.1) is 12.5 Å². The van der Waals surface area contributed by atoms with Crippen LogP contribution in [-0.4, -0.2) is 13.1 Å². The summed E-state index contributed by atoms with van der Waals surface area (Å²) in [6, 6.07) is 0. The highest BCUT2D eigenvalue weighted by Crippen LogP contribution is 2.41. The van der Waals surface area contributed by atoms with Crippen LogP contribution in [0.3, 0.4) is 0 Å². The van der Waals surface area contributed by atoms with Crippen LogP contribution in [0.4, 0.5) is 0 Å². The van der Waals surface area contributed by atoms with Gasteiger partial charge >= 0.3 is 5.97 Å². The second-order valence-electron chi connectivity index (χ2n) is 4.08. The van der Waals surface area contributed by atoms with Crippen molar-refractivity contribution in [1.29, 1.82) is 0 Å². The smallest absolute Gasteiger partial charge is 0.311 e. The van der Waals surface area contributed by atoms with Crippen molar-refractivity contribution in [3.63, 3.8) is 0 Å². The monoisotopic (exact) mass is 184 g/mol. The van der Waals surface area contributed by atoms with Gasteiger partial charge < -0.3 is 4.74 Å². The Morgan fingerprint density at radius 2 is 1.92 bits per heavy atom. The molecule has 0 aromatic carbocycles. The van der Waals surface area contributed by atoms with Crippen molar-refractivity contribution >= 4 is 5.97 Å². The maximum absolute atomic E-state index is 11.7. The average Bonchev–Trinajstić information content (AvgIpc) is 2.18. The zero-order valence-electron chi connectivity index (χ0n) is 8.77. The van der Waals surface area contributed by atoms with Crippen LogP contribution in [0.1, 0.15) is 51.9 Å². The van der Waals surface area contributed by atoms with E-state index in [1.54, 1.807) is 0 Å². The molecule has 76 valence electrons. The largest absolute Gasteiger partial charge is 0.469 e. The molecule has 0 unspecified atom stereocenters. The molecule has 0 bridgehead atoms. The Balaban J connectivity index is 2.66. The number of hydrogen-bond acceptors (Lipinski definition) is 2. The fourth-order valence-corrected chi connectivity index (χ4v) is 2.48. The quantitative estimate of drug-likeness (QED) is 0.630. The van der Waals surface area contributed by atoms with Gasteiger partial charge in [0.2, 0.25) is 0 Å². The number of ether oxygens (including phenoxy) is 1. The first-order valence-electron chi connectivity index (χ1n) is 5.33. The molecular formula is C11H20O2. The summed E-state index contributed by atoms with van der Waals surface area (Å²) < 4.78 is 4.91. The van der Waals surface area contributed by atoms with E-state index in [1.807, 2.05) is 0 Å². The van der Waals surface area contributed by atoms with Gasteiger partial charge in [-0.1, -0.05) is 32.6 Å². The summed E-state index contributed by atoms with van der Waals surface area (Å²) in [6.07, 6.45) is 7.81. The zero-order chi connectivity index (χ0) is 9.73. The second-order valence-corrected chi connectivity index (χ2v) is 4.08. The van der Waals surface area contributed by atoms with E-state index in [2.05, 4.69) is 6.92 Å². The molecule has 13 heavy (non-hydrogen) atoms. The number of rotatable bonds is 3. The van der Waals surface area contributed by atoms with Crippen LogP contribution >= 0.6 is 0 Å². The van der Waals surface area contributed by atoms with E-state index in [0.717, 1.165) is 25.7 Å². The van der Waals surface area contributed by atoms with Crippen LogP contribution < -0.4 is 0 Å². The van der Waals surface area contributed by atoms with Crippen molar-refractivity contribution in [3.05, 3.63) is 0 Å². The normalized spacial score (nSPS) is 21.1. The molecule has 0 amide bonds. The van der Waals surface area contributed by atoms with Crippen molar-refractivity contribution in [3.8, 4) is 0 Å². The molecule has 1 saturated carbocycles. The number of carbonyl (C=O) groups is 1. The first kappa shape index (κ1) is 10.6. The Morgan fingerprint density at radius 3 is 2.38 bits per heavy atom. The van der Waals surface area contributed by atoms with E-state index in [-0.39, 0.29) is 11.4 Å². The van der Waals surface area contributed by atoms with Gasteiger partial charge in [0.15, 0.2) is 0 Å². The maximum Gasteiger partial charge on any atom is 0.311 e. The Kier molecular flexibility index (Phi) is 3.76. The molecule has 1 fully saturated rings. The van der Waals surface area contributed by atoms with Crippen molar-refractivity contribution in [2.45, 2.75) is 51.9 Å². The molecule has 0 N–H and O–H groups in total. The van der Waals surface area contributed by atoms with Gasteiger partial charge in [0, 0.05) is 0 Å². The molecule has 0 radical (unpaired) electrons. The van der Waals surface area contributed by atoms with E-state index in [0.29, 0.717) is 0 Å². The fraction of sp³-hybridized carbons (Fsp3) is 0.909. The van der Waals surface area contributed by atoms with Crippen LogP contribution in [0, 0.1) is 5.41 Å². The van der Waals surface area contributed by atoms with E-state index in [4.69, 9.17) is 4.74 Å². The van der Waals surface area contributed by atoms with Crippen molar-refractivity contribution in [2.75, 3.05) is 7.11 Å². The van der Waals surface area contributed by atoms with Gasteiger partial charge in [-0.15, -0.1) is 0 Å². The minimum Gasteiger partial charge on any atom is -0.469 e. The predicted molar refractivity (Wildman–Crippen MR) is 52.4 cm³/mol. The van der Waals surface area contributed by atoms with Gasteiger partial charge in [0.1, 0.15) is 0 Å². The molecule has 0 heterocycles. The topological polar surface area (TPSA) is 26.3 Å². The van der Waals surface area contributed by atoms with E-state index >= 15 is 0 Å². The summed E-state index contributed by atoms with van der Waals surface area (Å²) in [5, 5.41) is 0. The Bertz CT molecular complexity index is 163. The predicted octanol–water partition coefficient (Wildman–Crippen LogP) is 2.91. The molecule has 1 aliphatic rings. The van der Waals surface area contributed by atoms with Gasteiger partial charge in [-0.3, -0.25) is 4.79 Å². The molecule has 2 nitrogen and oxygen atoms in total. The van der Waals surface area contributed by atoms with E-state index in [9.17, 15) is 4.79 Å². The number of esters is 1. The SMILES string of the molecule is CCCC1(C(=O)OC)CCCCC1. The van der Waals surface area contributed by atoms with Crippen LogP contribution in [0.2, 0.25) is 0 Å². The lowest BCUT2D eigenvalue weighted by atomic mass is 9.71. The van der Waals surface area contributed by atoms with Crippen molar-refractivity contribution < 1.29 is 9.53 Å². The highest BCUT2D eigenvalue weighted by Gasteiger charge is 2.39. The lowest BCUT2D eigenvalue weighted by Crippen LogP contribution is -2.34. The van der Waals surface area contributed by atoms with Gasteiger partial charge in [-0.2, -0.15) is 0 Å². The summed E-state index contributed by atoms with van der Waals surface area (Å²) in [7, 11) is 1.51. The maximum atomic E-state index is 11.7. The minimum absolute atomic E-state index is 0.0223. The molecule has 0 aliphatic heterocycles. The van der Waals surface area contributed by atoms with Crippen LogP contribution in [0.25, 0.3) is 0 Å². The number of hydrogen-bond donors (Lipinski definition) is 0. The summed E-state index contributed by atoms with van der Waals surface area (Å²) in [5.74, 6) is 0.0223. The highest BCUT2D eigenvalue weighted by atomic mass is 16.5. The lowest BCUT2D eigenvalue weighted by molar-refractivity contribution is -0.155. The van der Waals surface area contributed by atoms with Crippen LogP contribution in [-0.2, 0) is 9.53 Å². The lowest BCUT2D eigenvalue weighted by Gasteiger charge is -2.34. The molecule has 1 aliphatic carbocycles. The van der Waals surface area contributed by atoms with Crippen LogP contribution in [0.15, 0.2) is 0 Å². The zero-order valence-corrected chi connectivity index (χ0v) is 8.77. The summed E-state index contributed by atoms with van der Waals surface area (Å²) >= 11 is 0.